The van der Waals surface area contributed by atoms with Crippen LogP contribution in [0.3, 0.4) is 0 Å². The molecule has 0 spiro atoms. The number of carbonyl (C=O) groups is 3. The molecule has 0 saturated carbocycles. The summed E-state index contributed by atoms with van der Waals surface area (Å²) in [4.78, 5) is 36.7. The van der Waals surface area contributed by atoms with E-state index < -0.39 is 33.4 Å². The molecule has 0 unspecified atom stereocenters. The second kappa shape index (κ2) is 10.4. The Bertz CT molecular complexity index is 1400. The van der Waals surface area contributed by atoms with E-state index in [0.717, 1.165) is 5.56 Å². The first-order valence-corrected chi connectivity index (χ1v) is 12.1. The number of carboxylic acid groups (broad SMARTS) is 1. The standard InChI is InChI=1S/C25H24N2O7S/c1-3-26-25(32)17-7-10-19(24(31)20-12-16(13-23(29)30)6-11-22(20)28)21(14-17)27-35(33,34)18-8-4-15(2)5-9-18/h4-12,14,27-28H,3,13H2,1-2H3,(H,26,32)(H,29,30). The number of amides is 1. The van der Waals surface area contributed by atoms with Gasteiger partial charge in [-0.15, -0.1) is 0 Å². The lowest BCUT2D eigenvalue weighted by molar-refractivity contribution is -0.136. The molecule has 0 aliphatic carbocycles. The Morgan fingerprint density at radius 1 is 0.914 bits per heavy atom. The van der Waals surface area contributed by atoms with Crippen molar-refractivity contribution in [3.05, 3.63) is 88.5 Å². The van der Waals surface area contributed by atoms with Gasteiger partial charge in [-0.2, -0.15) is 0 Å². The van der Waals surface area contributed by atoms with Crippen molar-refractivity contribution in [2.45, 2.75) is 25.2 Å². The Morgan fingerprint density at radius 2 is 1.60 bits per heavy atom. The predicted molar refractivity (Wildman–Crippen MR) is 129 cm³/mol. The van der Waals surface area contributed by atoms with E-state index >= 15 is 0 Å². The van der Waals surface area contributed by atoms with Crippen molar-refractivity contribution in [2.75, 3.05) is 11.3 Å². The van der Waals surface area contributed by atoms with E-state index in [1.807, 2.05) is 0 Å². The molecule has 182 valence electrons. The first-order valence-electron chi connectivity index (χ1n) is 10.6. The molecule has 3 rings (SSSR count). The number of ketones is 1. The van der Waals surface area contributed by atoms with Crippen LogP contribution in [0.5, 0.6) is 5.75 Å². The van der Waals surface area contributed by atoms with Crippen LogP contribution in [-0.4, -0.2) is 42.8 Å². The number of anilines is 1. The topological polar surface area (TPSA) is 150 Å². The molecular formula is C25H24N2O7S. The van der Waals surface area contributed by atoms with E-state index in [2.05, 4.69) is 10.0 Å². The Kier molecular flexibility index (Phi) is 7.55. The molecule has 10 heteroatoms. The van der Waals surface area contributed by atoms with Crippen LogP contribution in [0.25, 0.3) is 0 Å². The molecule has 0 bridgehead atoms. The number of sulfonamides is 1. The van der Waals surface area contributed by atoms with Crippen LogP contribution in [-0.2, 0) is 21.2 Å². The van der Waals surface area contributed by atoms with Crippen LogP contribution in [0.2, 0.25) is 0 Å². The van der Waals surface area contributed by atoms with Gasteiger partial charge in [0, 0.05) is 17.7 Å². The maximum Gasteiger partial charge on any atom is 0.307 e. The highest BCUT2D eigenvalue weighted by atomic mass is 32.2. The number of hydrogen-bond acceptors (Lipinski definition) is 6. The monoisotopic (exact) mass is 496 g/mol. The Labute approximate surface area is 202 Å². The van der Waals surface area contributed by atoms with Crippen molar-refractivity contribution in [1.82, 2.24) is 5.32 Å². The van der Waals surface area contributed by atoms with Crippen molar-refractivity contribution >= 4 is 33.4 Å². The molecule has 0 fully saturated rings. The van der Waals surface area contributed by atoms with Crippen LogP contribution in [0.15, 0.2) is 65.6 Å². The van der Waals surface area contributed by atoms with E-state index in [1.54, 1.807) is 26.0 Å². The zero-order chi connectivity index (χ0) is 25.8. The molecule has 35 heavy (non-hydrogen) atoms. The van der Waals surface area contributed by atoms with E-state index in [9.17, 15) is 27.9 Å². The summed E-state index contributed by atoms with van der Waals surface area (Å²) < 4.78 is 28.4. The van der Waals surface area contributed by atoms with E-state index in [0.29, 0.717) is 6.54 Å². The average molecular weight is 497 g/mol. The van der Waals surface area contributed by atoms with Crippen molar-refractivity contribution in [2.24, 2.45) is 0 Å². The van der Waals surface area contributed by atoms with Crippen molar-refractivity contribution in [1.29, 1.82) is 0 Å². The van der Waals surface area contributed by atoms with Gasteiger partial charge in [0.05, 0.1) is 22.6 Å². The van der Waals surface area contributed by atoms with Gasteiger partial charge < -0.3 is 15.5 Å². The summed E-state index contributed by atoms with van der Waals surface area (Å²) in [5.41, 5.74) is 0.757. The number of carboxylic acids is 1. The van der Waals surface area contributed by atoms with Crippen LogP contribution < -0.4 is 10.0 Å². The van der Waals surface area contributed by atoms with Gasteiger partial charge in [0.15, 0.2) is 5.78 Å². The SMILES string of the molecule is CCNC(=O)c1ccc(C(=O)c2cc(CC(=O)O)ccc2O)c(NS(=O)(=O)c2ccc(C)cc2)c1. The summed E-state index contributed by atoms with van der Waals surface area (Å²) in [5.74, 6) is -2.73. The van der Waals surface area contributed by atoms with Gasteiger partial charge in [0.2, 0.25) is 0 Å². The second-order valence-corrected chi connectivity index (χ2v) is 9.47. The third-order valence-electron chi connectivity index (χ3n) is 5.10. The zero-order valence-corrected chi connectivity index (χ0v) is 19.8. The third kappa shape index (κ3) is 6.04. The number of carbonyl (C=O) groups excluding carboxylic acids is 2. The number of phenols is 1. The fourth-order valence-corrected chi connectivity index (χ4v) is 4.42. The minimum absolute atomic E-state index is 0.0452. The second-order valence-electron chi connectivity index (χ2n) is 7.79. The molecule has 3 aromatic carbocycles. The van der Waals surface area contributed by atoms with Gasteiger partial charge in [0.25, 0.3) is 15.9 Å². The summed E-state index contributed by atoms with van der Waals surface area (Å²) in [5, 5.41) is 21.9. The number of rotatable bonds is 9. The Balaban J connectivity index is 2.10. The van der Waals surface area contributed by atoms with Gasteiger partial charge in [-0.3, -0.25) is 19.1 Å². The minimum atomic E-state index is -4.13. The average Bonchev–Trinajstić information content (AvgIpc) is 2.79. The highest BCUT2D eigenvalue weighted by molar-refractivity contribution is 7.92. The molecule has 1 amide bonds. The number of benzene rings is 3. The fraction of sp³-hybridized carbons (Fsp3) is 0.160. The van der Waals surface area contributed by atoms with E-state index in [4.69, 9.17) is 5.11 Å². The third-order valence-corrected chi connectivity index (χ3v) is 6.48. The van der Waals surface area contributed by atoms with Gasteiger partial charge in [-0.05, 0) is 61.9 Å². The van der Waals surface area contributed by atoms with Crippen LogP contribution in [0, 0.1) is 6.92 Å². The van der Waals surface area contributed by atoms with Crippen LogP contribution >= 0.6 is 0 Å². The summed E-state index contributed by atoms with van der Waals surface area (Å²) in [6.07, 6.45) is -0.371. The van der Waals surface area contributed by atoms with Crippen LogP contribution in [0.1, 0.15) is 44.3 Å². The highest BCUT2D eigenvalue weighted by Crippen LogP contribution is 2.28. The molecule has 4 N–H and O–H groups in total. The Morgan fingerprint density at radius 3 is 2.23 bits per heavy atom. The lowest BCUT2D eigenvalue weighted by Crippen LogP contribution is -2.23. The van der Waals surface area contributed by atoms with Crippen molar-refractivity contribution in [3.63, 3.8) is 0 Å². The fourth-order valence-electron chi connectivity index (χ4n) is 3.35. The largest absolute Gasteiger partial charge is 0.507 e. The summed E-state index contributed by atoms with van der Waals surface area (Å²) in [7, 11) is -4.13. The molecule has 0 heterocycles. The van der Waals surface area contributed by atoms with Gasteiger partial charge >= 0.3 is 5.97 Å². The predicted octanol–water partition coefficient (Wildman–Crippen LogP) is 3.11. The summed E-state index contributed by atoms with van der Waals surface area (Å²) in [6.45, 7) is 3.87. The number of hydrogen-bond donors (Lipinski definition) is 4. The van der Waals surface area contributed by atoms with Gasteiger partial charge in [0.1, 0.15) is 5.75 Å². The normalized spacial score (nSPS) is 11.0. The number of aromatic hydroxyl groups is 1. The molecule has 0 aliphatic heterocycles. The summed E-state index contributed by atoms with van der Waals surface area (Å²) >= 11 is 0. The first-order chi connectivity index (χ1) is 16.5. The number of aliphatic carboxylic acids is 1. The van der Waals surface area contributed by atoms with Gasteiger partial charge in [-0.25, -0.2) is 8.42 Å². The highest BCUT2D eigenvalue weighted by Gasteiger charge is 2.23. The Hall–Kier alpha value is -4.18. The minimum Gasteiger partial charge on any atom is -0.507 e. The lowest BCUT2D eigenvalue weighted by atomic mass is 9.97. The van der Waals surface area contributed by atoms with Gasteiger partial charge in [-0.1, -0.05) is 23.8 Å². The maximum atomic E-state index is 13.4. The molecule has 3 aromatic rings. The maximum absolute atomic E-state index is 13.4. The quantitative estimate of drug-likeness (QED) is 0.332. The molecule has 9 nitrogen and oxygen atoms in total. The van der Waals surface area contributed by atoms with Crippen molar-refractivity contribution in [3.8, 4) is 5.75 Å². The smallest absolute Gasteiger partial charge is 0.307 e. The number of phenolic OH excluding ortho intramolecular Hbond substituents is 1. The van der Waals surface area contributed by atoms with Crippen LogP contribution in [0.4, 0.5) is 5.69 Å². The first kappa shape index (κ1) is 25.4. The summed E-state index contributed by atoms with van der Waals surface area (Å²) in [6, 6.07) is 13.8. The molecule has 0 aromatic heterocycles. The van der Waals surface area contributed by atoms with Crippen molar-refractivity contribution < 1.29 is 33.0 Å². The molecule has 0 radical (unpaired) electrons. The molecule has 0 aliphatic rings. The number of aryl methyl sites for hydroxylation is 1. The molecule has 0 atom stereocenters. The molecule has 0 saturated heterocycles. The van der Waals surface area contributed by atoms with E-state index in [1.165, 1.54) is 48.5 Å². The molecular weight excluding hydrogens is 472 g/mol. The lowest BCUT2D eigenvalue weighted by Gasteiger charge is -2.15. The van der Waals surface area contributed by atoms with E-state index in [-0.39, 0.29) is 39.3 Å². The zero-order valence-electron chi connectivity index (χ0n) is 19.0. The number of nitrogens with one attached hydrogen (secondary N) is 2.